The van der Waals surface area contributed by atoms with E-state index in [4.69, 9.17) is 4.74 Å². The lowest BCUT2D eigenvalue weighted by atomic mass is 9.92. The van der Waals surface area contributed by atoms with Gasteiger partial charge in [-0.2, -0.15) is 0 Å². The number of unbranched alkanes of at least 4 members (excludes halogenated alkanes) is 1. The molecule has 0 atom stereocenters. The number of amides is 1. The van der Waals surface area contributed by atoms with Gasteiger partial charge in [0, 0.05) is 32.1 Å². The molecule has 1 amide bonds. The molecule has 0 unspecified atom stereocenters. The van der Waals surface area contributed by atoms with Crippen molar-refractivity contribution in [2.45, 2.75) is 64.5 Å². The van der Waals surface area contributed by atoms with E-state index >= 15 is 0 Å². The van der Waals surface area contributed by atoms with E-state index in [2.05, 4.69) is 17.2 Å². The molecule has 6 heteroatoms. The summed E-state index contributed by atoms with van der Waals surface area (Å²) in [5.41, 5.74) is 2.00. The van der Waals surface area contributed by atoms with Crippen LogP contribution in [0.4, 0.5) is 0 Å². The average Bonchev–Trinajstić information content (AvgIpc) is 2.99. The minimum absolute atomic E-state index is 0.146. The molecule has 0 saturated heterocycles. The maximum atomic E-state index is 12.8. The van der Waals surface area contributed by atoms with Crippen LogP contribution in [-0.2, 0) is 11.8 Å². The van der Waals surface area contributed by atoms with Gasteiger partial charge in [0.1, 0.15) is 0 Å². The molecule has 0 spiro atoms. The number of nitrogens with zero attached hydrogens (tertiary/aromatic N) is 1. The fourth-order valence-corrected chi connectivity index (χ4v) is 3.85. The zero-order valence-electron chi connectivity index (χ0n) is 15.9. The Morgan fingerprint density at radius 2 is 2.08 bits per heavy atom. The van der Waals surface area contributed by atoms with Crippen LogP contribution in [0.25, 0.3) is 10.9 Å². The number of aromatic amines is 1. The van der Waals surface area contributed by atoms with Gasteiger partial charge in [0.25, 0.3) is 11.5 Å². The fourth-order valence-electron chi connectivity index (χ4n) is 3.85. The summed E-state index contributed by atoms with van der Waals surface area (Å²) in [5.74, 6) is -0.165. The summed E-state index contributed by atoms with van der Waals surface area (Å²) in [5, 5.41) is 3.59. The molecule has 2 N–H and O–H groups in total. The lowest BCUT2D eigenvalue weighted by molar-refractivity contribution is 0.0209. The van der Waals surface area contributed by atoms with E-state index in [0.29, 0.717) is 17.1 Å². The van der Waals surface area contributed by atoms with Gasteiger partial charge in [0.2, 0.25) is 0 Å². The van der Waals surface area contributed by atoms with E-state index in [1.54, 1.807) is 12.4 Å². The van der Waals surface area contributed by atoms with Crippen molar-refractivity contribution in [1.29, 1.82) is 0 Å². The maximum Gasteiger partial charge on any atom is 0.258 e. The van der Waals surface area contributed by atoms with Crippen LogP contribution < -0.4 is 10.9 Å². The number of pyridine rings is 1. The molecule has 1 saturated carbocycles. The van der Waals surface area contributed by atoms with Crippen LogP contribution in [0.2, 0.25) is 0 Å². The summed E-state index contributed by atoms with van der Waals surface area (Å²) in [4.78, 5) is 27.8. The largest absolute Gasteiger partial charge is 0.378 e. The van der Waals surface area contributed by atoms with Gasteiger partial charge in [-0.3, -0.25) is 9.59 Å². The van der Waals surface area contributed by atoms with Gasteiger partial charge >= 0.3 is 0 Å². The van der Waals surface area contributed by atoms with Crippen molar-refractivity contribution in [2.75, 3.05) is 6.61 Å². The fraction of sp³-hybridized carbons (Fsp3) is 0.600. The average molecular weight is 359 g/mol. The predicted molar refractivity (Wildman–Crippen MR) is 103 cm³/mol. The molecule has 2 aromatic heterocycles. The van der Waals surface area contributed by atoms with Gasteiger partial charge in [-0.15, -0.1) is 0 Å². The molecule has 3 rings (SSSR count). The molecule has 0 bridgehead atoms. The Morgan fingerprint density at radius 1 is 1.35 bits per heavy atom. The van der Waals surface area contributed by atoms with Crippen molar-refractivity contribution in [2.24, 2.45) is 7.05 Å². The summed E-state index contributed by atoms with van der Waals surface area (Å²) >= 11 is 0. The van der Waals surface area contributed by atoms with Crippen molar-refractivity contribution < 1.29 is 9.53 Å². The topological polar surface area (TPSA) is 76.1 Å². The van der Waals surface area contributed by atoms with Crippen molar-refractivity contribution in [3.63, 3.8) is 0 Å². The number of hydrogen-bond donors (Lipinski definition) is 2. The number of fused-ring (bicyclic) bond motifs is 1. The van der Waals surface area contributed by atoms with Crippen LogP contribution in [0.15, 0.2) is 17.2 Å². The monoisotopic (exact) mass is 359 g/mol. The number of carbonyl (C=O) groups excluding carboxylic acids is 1. The molecule has 6 nitrogen and oxygen atoms in total. The number of hydrogen-bond acceptors (Lipinski definition) is 3. The van der Waals surface area contributed by atoms with Gasteiger partial charge in [0.05, 0.1) is 22.6 Å². The number of aryl methyl sites for hydroxylation is 2. The molecule has 2 aromatic rings. The second kappa shape index (κ2) is 8.08. The van der Waals surface area contributed by atoms with Crippen LogP contribution in [0.1, 0.15) is 61.4 Å². The number of carbonyl (C=O) groups is 1. The standard InChI is InChI=1S/C20H29N3O3/c1-4-5-10-26-15-8-6-14(7-9-15)22-19(24)16-12-23(3)18-13(2)11-21-20(25)17(16)18/h11-12,14-15H,4-10H2,1-3H3,(H,21,25)(H,22,24)/t14-,15-. The second-order valence-electron chi connectivity index (χ2n) is 7.35. The van der Waals surface area contributed by atoms with Crippen molar-refractivity contribution in [1.82, 2.24) is 14.9 Å². The van der Waals surface area contributed by atoms with E-state index < -0.39 is 0 Å². The first kappa shape index (κ1) is 18.7. The molecule has 1 aliphatic rings. The van der Waals surface area contributed by atoms with Crippen molar-refractivity contribution in [3.8, 4) is 0 Å². The molecule has 142 valence electrons. The molecule has 1 fully saturated rings. The van der Waals surface area contributed by atoms with Gasteiger partial charge in [-0.25, -0.2) is 0 Å². The van der Waals surface area contributed by atoms with E-state index in [0.717, 1.165) is 56.2 Å². The quantitative estimate of drug-likeness (QED) is 0.779. The van der Waals surface area contributed by atoms with Crippen LogP contribution in [-0.4, -0.2) is 34.2 Å². The van der Waals surface area contributed by atoms with Crippen LogP contribution >= 0.6 is 0 Å². The maximum absolute atomic E-state index is 12.8. The highest BCUT2D eigenvalue weighted by Gasteiger charge is 2.25. The summed E-state index contributed by atoms with van der Waals surface area (Å²) in [6, 6.07) is 0.146. The molecule has 0 aromatic carbocycles. The predicted octanol–water partition coefficient (Wildman–Crippen LogP) is 3.03. The number of nitrogens with one attached hydrogen (secondary N) is 2. The third-order valence-electron chi connectivity index (χ3n) is 5.31. The minimum Gasteiger partial charge on any atom is -0.378 e. The Hall–Kier alpha value is -2.08. The third kappa shape index (κ3) is 3.85. The zero-order chi connectivity index (χ0) is 18.7. The normalized spacial score (nSPS) is 20.4. The van der Waals surface area contributed by atoms with E-state index in [1.165, 1.54) is 0 Å². The molecule has 2 heterocycles. The number of rotatable bonds is 6. The van der Waals surface area contributed by atoms with Crippen LogP contribution in [0, 0.1) is 6.92 Å². The Labute approximate surface area is 153 Å². The zero-order valence-corrected chi connectivity index (χ0v) is 15.9. The highest BCUT2D eigenvalue weighted by Crippen LogP contribution is 2.23. The van der Waals surface area contributed by atoms with E-state index in [9.17, 15) is 9.59 Å². The first-order valence-electron chi connectivity index (χ1n) is 9.61. The first-order valence-corrected chi connectivity index (χ1v) is 9.61. The minimum atomic E-state index is -0.218. The van der Waals surface area contributed by atoms with Gasteiger partial charge in [-0.1, -0.05) is 13.3 Å². The van der Waals surface area contributed by atoms with Gasteiger partial charge in [-0.05, 0) is 44.6 Å². The summed E-state index contributed by atoms with van der Waals surface area (Å²) in [6.07, 6.45) is 9.80. The third-order valence-corrected chi connectivity index (χ3v) is 5.31. The highest BCUT2D eigenvalue weighted by molar-refractivity contribution is 6.07. The molecule has 26 heavy (non-hydrogen) atoms. The molecule has 0 aliphatic heterocycles. The van der Waals surface area contributed by atoms with E-state index in [1.807, 2.05) is 18.5 Å². The lowest BCUT2D eigenvalue weighted by Crippen LogP contribution is -2.39. The first-order chi connectivity index (χ1) is 12.5. The molecule has 0 radical (unpaired) electrons. The van der Waals surface area contributed by atoms with Gasteiger partial charge in [0.15, 0.2) is 0 Å². The summed E-state index contributed by atoms with van der Waals surface area (Å²) in [6.45, 7) is 4.92. The molecule has 1 aliphatic carbocycles. The Morgan fingerprint density at radius 3 is 2.77 bits per heavy atom. The van der Waals surface area contributed by atoms with E-state index in [-0.39, 0.29) is 17.5 Å². The Balaban J connectivity index is 1.66. The lowest BCUT2D eigenvalue weighted by Gasteiger charge is -2.29. The number of ether oxygens (including phenoxy) is 1. The SMILES string of the molecule is CCCCO[C@H]1CC[C@H](NC(=O)c2cn(C)c3c(C)c[nH]c(=O)c23)CC1. The smallest absolute Gasteiger partial charge is 0.258 e. The van der Waals surface area contributed by atoms with Gasteiger partial charge < -0.3 is 19.6 Å². The molecular formula is C20H29N3O3. The van der Waals surface area contributed by atoms with Crippen LogP contribution in [0.3, 0.4) is 0 Å². The summed E-state index contributed by atoms with van der Waals surface area (Å²) in [7, 11) is 1.87. The Kier molecular flexibility index (Phi) is 5.81. The number of aromatic nitrogens is 2. The summed E-state index contributed by atoms with van der Waals surface area (Å²) < 4.78 is 7.74. The van der Waals surface area contributed by atoms with Crippen molar-refractivity contribution >= 4 is 16.8 Å². The number of H-pyrrole nitrogens is 1. The Bertz CT molecular complexity index is 829. The van der Waals surface area contributed by atoms with Crippen molar-refractivity contribution in [3.05, 3.63) is 33.9 Å². The second-order valence-corrected chi connectivity index (χ2v) is 7.35. The molecular weight excluding hydrogens is 330 g/mol. The van der Waals surface area contributed by atoms with Crippen LogP contribution in [0.5, 0.6) is 0 Å². The highest BCUT2D eigenvalue weighted by atomic mass is 16.5.